The molecule has 20 heavy (non-hydrogen) atoms. The van der Waals surface area contributed by atoms with Gasteiger partial charge in [-0.05, 0) is 12.1 Å². The van der Waals surface area contributed by atoms with Crippen molar-refractivity contribution in [2.45, 2.75) is 0 Å². The van der Waals surface area contributed by atoms with Gasteiger partial charge in [0.15, 0.2) is 0 Å². The zero-order chi connectivity index (χ0) is 14.7. The average molecular weight is 284 g/mol. The van der Waals surface area contributed by atoms with Crippen LogP contribution in [0.25, 0.3) is 0 Å². The molecule has 1 aromatic carbocycles. The summed E-state index contributed by atoms with van der Waals surface area (Å²) in [5, 5.41) is 8.67. The minimum absolute atomic E-state index is 0.0332. The molecule has 1 heterocycles. The molecule has 1 aliphatic heterocycles. The van der Waals surface area contributed by atoms with Crippen molar-refractivity contribution in [2.24, 2.45) is 0 Å². The number of hydrogen-bond donors (Lipinski definition) is 1. The average Bonchev–Trinajstić information content (AvgIpc) is 2.37. The Labute approximate surface area is 114 Å². The summed E-state index contributed by atoms with van der Waals surface area (Å²) in [4.78, 5) is 25.8. The molecule has 0 aliphatic carbocycles. The lowest BCUT2D eigenvalue weighted by atomic mass is 10.1. The number of rotatable bonds is 3. The van der Waals surface area contributed by atoms with Crippen molar-refractivity contribution < 1.29 is 23.5 Å². The van der Waals surface area contributed by atoms with E-state index < -0.39 is 23.5 Å². The summed E-state index contributed by atoms with van der Waals surface area (Å²) in [5.74, 6) is -2.95. The van der Waals surface area contributed by atoms with Gasteiger partial charge < -0.3 is 10.0 Å². The summed E-state index contributed by atoms with van der Waals surface area (Å²) in [6, 6.07) is 2.70. The molecule has 1 amide bonds. The highest BCUT2D eigenvalue weighted by Gasteiger charge is 2.23. The standard InChI is InChI=1S/C13H14F2N2O3/c14-10-5-9(6-11(15)7-10)13(20)17-3-1-16(2-4-17)8-12(18)19/h5-7H,1-4,8H2,(H,18,19). The SMILES string of the molecule is O=C(O)CN1CCN(C(=O)c2cc(F)cc(F)c2)CC1. The molecule has 0 bridgehead atoms. The molecule has 0 spiro atoms. The molecule has 1 aromatic rings. The van der Waals surface area contributed by atoms with Gasteiger partial charge in [-0.25, -0.2) is 8.78 Å². The van der Waals surface area contributed by atoms with Gasteiger partial charge in [-0.1, -0.05) is 0 Å². The molecule has 108 valence electrons. The molecule has 1 aliphatic rings. The van der Waals surface area contributed by atoms with E-state index in [9.17, 15) is 18.4 Å². The molecule has 0 unspecified atom stereocenters. The highest BCUT2D eigenvalue weighted by molar-refractivity contribution is 5.94. The van der Waals surface area contributed by atoms with Crippen LogP contribution in [0.4, 0.5) is 8.78 Å². The molecule has 0 aromatic heterocycles. The minimum Gasteiger partial charge on any atom is -0.480 e. The second-order valence-electron chi connectivity index (χ2n) is 4.62. The maximum atomic E-state index is 13.1. The highest BCUT2D eigenvalue weighted by atomic mass is 19.1. The quantitative estimate of drug-likeness (QED) is 0.892. The second kappa shape index (κ2) is 5.96. The van der Waals surface area contributed by atoms with Crippen molar-refractivity contribution in [1.29, 1.82) is 0 Å². The first-order valence-electron chi connectivity index (χ1n) is 6.15. The van der Waals surface area contributed by atoms with Crippen LogP contribution in [0.1, 0.15) is 10.4 Å². The van der Waals surface area contributed by atoms with E-state index in [1.165, 1.54) is 4.90 Å². The minimum atomic E-state index is -0.919. The third-order valence-corrected chi connectivity index (χ3v) is 3.13. The lowest BCUT2D eigenvalue weighted by Crippen LogP contribution is -2.49. The molecule has 2 rings (SSSR count). The van der Waals surface area contributed by atoms with Crippen LogP contribution < -0.4 is 0 Å². The number of benzene rings is 1. The normalized spacial score (nSPS) is 16.2. The van der Waals surface area contributed by atoms with Crippen LogP contribution in [0.3, 0.4) is 0 Å². The number of hydrogen-bond acceptors (Lipinski definition) is 3. The molecule has 0 radical (unpaired) electrons. The molecule has 1 N–H and O–H groups in total. The molecular formula is C13H14F2N2O3. The van der Waals surface area contributed by atoms with E-state index in [2.05, 4.69) is 0 Å². The van der Waals surface area contributed by atoms with E-state index in [-0.39, 0.29) is 12.1 Å². The van der Waals surface area contributed by atoms with Crippen LogP contribution >= 0.6 is 0 Å². The smallest absolute Gasteiger partial charge is 0.317 e. The van der Waals surface area contributed by atoms with Crippen LogP contribution in [-0.4, -0.2) is 59.5 Å². The number of piperazine rings is 1. The number of nitrogens with zero attached hydrogens (tertiary/aromatic N) is 2. The summed E-state index contributed by atoms with van der Waals surface area (Å²) >= 11 is 0. The number of carboxylic acid groups (broad SMARTS) is 1. The summed E-state index contributed by atoms with van der Waals surface area (Å²) in [5.41, 5.74) is -0.0332. The largest absolute Gasteiger partial charge is 0.480 e. The van der Waals surface area contributed by atoms with Crippen molar-refractivity contribution in [3.63, 3.8) is 0 Å². The van der Waals surface area contributed by atoms with Crippen molar-refractivity contribution in [2.75, 3.05) is 32.7 Å². The topological polar surface area (TPSA) is 60.9 Å². The summed E-state index contributed by atoms with van der Waals surface area (Å²) < 4.78 is 26.2. The van der Waals surface area contributed by atoms with Crippen LogP contribution in [-0.2, 0) is 4.79 Å². The van der Waals surface area contributed by atoms with E-state index in [1.807, 2.05) is 0 Å². The Hall–Kier alpha value is -2.02. The lowest BCUT2D eigenvalue weighted by Gasteiger charge is -2.33. The van der Waals surface area contributed by atoms with Crippen molar-refractivity contribution in [1.82, 2.24) is 9.80 Å². The van der Waals surface area contributed by atoms with Crippen molar-refractivity contribution in [3.8, 4) is 0 Å². The second-order valence-corrected chi connectivity index (χ2v) is 4.62. The third-order valence-electron chi connectivity index (χ3n) is 3.13. The predicted molar refractivity (Wildman–Crippen MR) is 66.3 cm³/mol. The number of carbonyl (C=O) groups is 2. The van der Waals surface area contributed by atoms with E-state index >= 15 is 0 Å². The van der Waals surface area contributed by atoms with Crippen LogP contribution in [0, 0.1) is 11.6 Å². The first kappa shape index (κ1) is 14.4. The van der Waals surface area contributed by atoms with E-state index in [4.69, 9.17) is 5.11 Å². The molecule has 7 heteroatoms. The van der Waals surface area contributed by atoms with Gasteiger partial charge >= 0.3 is 5.97 Å². The van der Waals surface area contributed by atoms with Crippen LogP contribution in [0.5, 0.6) is 0 Å². The summed E-state index contributed by atoms with van der Waals surface area (Å²) in [6.45, 7) is 1.46. The predicted octanol–water partition coefficient (Wildman–Crippen LogP) is 0.807. The Bertz CT molecular complexity index is 508. The fourth-order valence-electron chi connectivity index (χ4n) is 2.16. The van der Waals surface area contributed by atoms with Crippen molar-refractivity contribution in [3.05, 3.63) is 35.4 Å². The van der Waals surface area contributed by atoms with Gasteiger partial charge in [-0.3, -0.25) is 14.5 Å². The number of amides is 1. The Kier molecular flexibility index (Phi) is 4.29. The Balaban J connectivity index is 1.99. The fourth-order valence-corrected chi connectivity index (χ4v) is 2.16. The fraction of sp³-hybridized carbons (Fsp3) is 0.385. The Morgan fingerprint density at radius 1 is 1.05 bits per heavy atom. The van der Waals surface area contributed by atoms with E-state index in [1.54, 1.807) is 4.90 Å². The van der Waals surface area contributed by atoms with E-state index in [0.29, 0.717) is 32.2 Å². The van der Waals surface area contributed by atoms with Gasteiger partial charge in [-0.15, -0.1) is 0 Å². The van der Waals surface area contributed by atoms with Crippen molar-refractivity contribution >= 4 is 11.9 Å². The van der Waals surface area contributed by atoms with Gasteiger partial charge in [0.25, 0.3) is 5.91 Å². The Morgan fingerprint density at radius 2 is 1.60 bits per heavy atom. The third kappa shape index (κ3) is 3.51. The van der Waals surface area contributed by atoms with E-state index in [0.717, 1.165) is 12.1 Å². The first-order chi connectivity index (χ1) is 9.45. The molecule has 5 nitrogen and oxygen atoms in total. The van der Waals surface area contributed by atoms with Crippen LogP contribution in [0.15, 0.2) is 18.2 Å². The zero-order valence-corrected chi connectivity index (χ0v) is 10.7. The number of carbonyl (C=O) groups excluding carboxylic acids is 1. The molecule has 1 saturated heterocycles. The number of halogens is 2. The van der Waals surface area contributed by atoms with Crippen LogP contribution in [0.2, 0.25) is 0 Å². The lowest BCUT2D eigenvalue weighted by molar-refractivity contribution is -0.138. The maximum absolute atomic E-state index is 13.1. The number of carboxylic acids is 1. The zero-order valence-electron chi connectivity index (χ0n) is 10.7. The van der Waals surface area contributed by atoms with Gasteiger partial charge in [0.2, 0.25) is 0 Å². The highest BCUT2D eigenvalue weighted by Crippen LogP contribution is 2.12. The maximum Gasteiger partial charge on any atom is 0.317 e. The monoisotopic (exact) mass is 284 g/mol. The van der Waals surface area contributed by atoms with Gasteiger partial charge in [0.1, 0.15) is 11.6 Å². The van der Waals surface area contributed by atoms with Gasteiger partial charge in [-0.2, -0.15) is 0 Å². The summed E-state index contributed by atoms with van der Waals surface area (Å²) in [6.07, 6.45) is 0. The molecule has 0 saturated carbocycles. The van der Waals surface area contributed by atoms with Gasteiger partial charge in [0, 0.05) is 37.8 Å². The number of aliphatic carboxylic acids is 1. The molecular weight excluding hydrogens is 270 g/mol. The van der Waals surface area contributed by atoms with Gasteiger partial charge in [0.05, 0.1) is 6.54 Å². The first-order valence-corrected chi connectivity index (χ1v) is 6.15. The molecule has 1 fully saturated rings. The Morgan fingerprint density at radius 3 is 2.10 bits per heavy atom. The molecule has 0 atom stereocenters. The summed E-state index contributed by atoms with van der Waals surface area (Å²) in [7, 11) is 0.